The molecule has 1 rings (SSSR count). The summed E-state index contributed by atoms with van der Waals surface area (Å²) in [7, 11) is 0. The fourth-order valence-electron chi connectivity index (χ4n) is 2.54. The maximum Gasteiger partial charge on any atom is -0.00463 e. The maximum absolute atomic E-state index is 3.59. The second kappa shape index (κ2) is 8.15. The van der Waals surface area contributed by atoms with Gasteiger partial charge < -0.3 is 5.32 Å². The van der Waals surface area contributed by atoms with Crippen LogP contribution in [-0.4, -0.2) is 13.1 Å². The van der Waals surface area contributed by atoms with E-state index in [1.165, 1.54) is 64.5 Å². The molecule has 1 aliphatic rings. The quantitative estimate of drug-likeness (QED) is 0.628. The summed E-state index contributed by atoms with van der Waals surface area (Å²) < 4.78 is 0. The average molecular weight is 211 g/mol. The van der Waals surface area contributed by atoms with Crippen molar-refractivity contribution in [1.29, 1.82) is 0 Å². The maximum atomic E-state index is 3.59. The second-order valence-corrected chi connectivity index (χ2v) is 5.58. The van der Waals surface area contributed by atoms with Crippen LogP contribution in [0.4, 0.5) is 0 Å². The van der Waals surface area contributed by atoms with E-state index in [1.807, 2.05) is 0 Å². The molecular formula is C14H29N. The Labute approximate surface area is 96.0 Å². The third kappa shape index (κ3) is 6.94. The van der Waals surface area contributed by atoms with E-state index in [1.54, 1.807) is 0 Å². The van der Waals surface area contributed by atoms with Crippen LogP contribution in [-0.2, 0) is 0 Å². The molecule has 0 amide bonds. The molecule has 0 heterocycles. The Morgan fingerprint density at radius 3 is 2.47 bits per heavy atom. The minimum atomic E-state index is 0.866. The Kier molecular flexibility index (Phi) is 7.08. The van der Waals surface area contributed by atoms with Crippen molar-refractivity contribution in [3.63, 3.8) is 0 Å². The van der Waals surface area contributed by atoms with E-state index in [9.17, 15) is 0 Å². The highest BCUT2D eigenvalue weighted by Crippen LogP contribution is 2.25. The van der Waals surface area contributed by atoms with Crippen molar-refractivity contribution in [2.24, 2.45) is 11.8 Å². The van der Waals surface area contributed by atoms with Crippen molar-refractivity contribution in [2.45, 2.75) is 65.2 Å². The van der Waals surface area contributed by atoms with E-state index >= 15 is 0 Å². The lowest BCUT2D eigenvalue weighted by atomic mass is 9.87. The molecule has 0 saturated heterocycles. The predicted molar refractivity (Wildman–Crippen MR) is 68.1 cm³/mol. The molecule has 1 nitrogen and oxygen atoms in total. The van der Waals surface area contributed by atoms with Gasteiger partial charge in [0.25, 0.3) is 0 Å². The Balaban J connectivity index is 1.83. The zero-order valence-electron chi connectivity index (χ0n) is 10.7. The normalized spacial score (nSPS) is 18.6. The third-order valence-corrected chi connectivity index (χ3v) is 3.59. The molecule has 0 unspecified atom stereocenters. The molecule has 0 aliphatic heterocycles. The first-order valence-electron chi connectivity index (χ1n) is 6.99. The highest BCUT2D eigenvalue weighted by Gasteiger charge is 2.12. The second-order valence-electron chi connectivity index (χ2n) is 5.58. The summed E-state index contributed by atoms with van der Waals surface area (Å²) in [5.74, 6) is 1.90. The van der Waals surface area contributed by atoms with Crippen LogP contribution < -0.4 is 5.32 Å². The van der Waals surface area contributed by atoms with Crippen LogP contribution in [0.5, 0.6) is 0 Å². The van der Waals surface area contributed by atoms with Crippen LogP contribution in [0.3, 0.4) is 0 Å². The van der Waals surface area contributed by atoms with E-state index in [2.05, 4.69) is 19.2 Å². The van der Waals surface area contributed by atoms with Gasteiger partial charge in [-0.25, -0.2) is 0 Å². The van der Waals surface area contributed by atoms with Crippen LogP contribution in [0.2, 0.25) is 0 Å². The SMILES string of the molecule is CC(C)CCCNCCC1CCCCC1. The van der Waals surface area contributed by atoms with Gasteiger partial charge in [0.05, 0.1) is 0 Å². The van der Waals surface area contributed by atoms with Crippen molar-refractivity contribution in [1.82, 2.24) is 5.32 Å². The number of nitrogens with one attached hydrogen (secondary N) is 1. The van der Waals surface area contributed by atoms with E-state index < -0.39 is 0 Å². The van der Waals surface area contributed by atoms with Gasteiger partial charge in [-0.15, -0.1) is 0 Å². The van der Waals surface area contributed by atoms with E-state index in [0.717, 1.165) is 11.8 Å². The summed E-state index contributed by atoms with van der Waals surface area (Å²) in [6, 6.07) is 0. The van der Waals surface area contributed by atoms with Gasteiger partial charge in [-0.2, -0.15) is 0 Å². The van der Waals surface area contributed by atoms with Crippen LogP contribution in [0.25, 0.3) is 0 Å². The van der Waals surface area contributed by atoms with E-state index in [4.69, 9.17) is 0 Å². The number of hydrogen-bond acceptors (Lipinski definition) is 1. The molecule has 0 atom stereocenters. The van der Waals surface area contributed by atoms with Gasteiger partial charge in [0, 0.05) is 0 Å². The summed E-state index contributed by atoms with van der Waals surface area (Å²) in [4.78, 5) is 0. The zero-order chi connectivity index (χ0) is 10.9. The summed E-state index contributed by atoms with van der Waals surface area (Å²) in [6.07, 6.45) is 11.6. The Morgan fingerprint density at radius 1 is 1.07 bits per heavy atom. The monoisotopic (exact) mass is 211 g/mol. The molecule has 0 aromatic rings. The first kappa shape index (κ1) is 13.0. The van der Waals surface area contributed by atoms with Crippen molar-refractivity contribution in [3.05, 3.63) is 0 Å². The van der Waals surface area contributed by atoms with Crippen molar-refractivity contribution >= 4 is 0 Å². The summed E-state index contributed by atoms with van der Waals surface area (Å²) in [6.45, 7) is 7.09. The average Bonchev–Trinajstić information content (AvgIpc) is 2.24. The summed E-state index contributed by atoms with van der Waals surface area (Å²) in [5, 5.41) is 3.59. The third-order valence-electron chi connectivity index (χ3n) is 3.59. The Morgan fingerprint density at radius 2 is 1.80 bits per heavy atom. The molecule has 1 saturated carbocycles. The largest absolute Gasteiger partial charge is 0.317 e. The molecule has 1 fully saturated rings. The number of hydrogen-bond donors (Lipinski definition) is 1. The minimum Gasteiger partial charge on any atom is -0.317 e. The molecular weight excluding hydrogens is 182 g/mol. The highest BCUT2D eigenvalue weighted by molar-refractivity contribution is 4.66. The molecule has 90 valence electrons. The predicted octanol–water partition coefficient (Wildman–Crippen LogP) is 3.98. The lowest BCUT2D eigenvalue weighted by Gasteiger charge is -2.21. The zero-order valence-corrected chi connectivity index (χ0v) is 10.7. The Bertz CT molecular complexity index is 136. The van der Waals surface area contributed by atoms with E-state index in [0.29, 0.717) is 0 Å². The minimum absolute atomic E-state index is 0.866. The molecule has 1 heteroatoms. The topological polar surface area (TPSA) is 12.0 Å². The van der Waals surface area contributed by atoms with E-state index in [-0.39, 0.29) is 0 Å². The summed E-state index contributed by atoms with van der Waals surface area (Å²) >= 11 is 0. The van der Waals surface area contributed by atoms with Gasteiger partial charge in [-0.05, 0) is 44.2 Å². The lowest BCUT2D eigenvalue weighted by molar-refractivity contribution is 0.333. The standard InChI is InChI=1S/C14H29N/c1-13(2)7-6-11-15-12-10-14-8-4-3-5-9-14/h13-15H,3-12H2,1-2H3. The molecule has 0 bridgehead atoms. The molecule has 0 spiro atoms. The smallest absolute Gasteiger partial charge is 0.00463 e. The molecule has 1 N–H and O–H groups in total. The molecule has 0 aromatic heterocycles. The van der Waals surface area contributed by atoms with Crippen LogP contribution in [0.1, 0.15) is 65.2 Å². The van der Waals surface area contributed by atoms with Crippen molar-refractivity contribution in [3.8, 4) is 0 Å². The number of rotatable bonds is 7. The fourth-order valence-corrected chi connectivity index (χ4v) is 2.54. The highest BCUT2D eigenvalue weighted by atomic mass is 14.8. The van der Waals surface area contributed by atoms with Crippen molar-refractivity contribution < 1.29 is 0 Å². The van der Waals surface area contributed by atoms with Crippen LogP contribution >= 0.6 is 0 Å². The summed E-state index contributed by atoms with van der Waals surface area (Å²) in [5.41, 5.74) is 0. The Hall–Kier alpha value is -0.0400. The van der Waals surface area contributed by atoms with Crippen molar-refractivity contribution in [2.75, 3.05) is 13.1 Å². The first-order chi connectivity index (χ1) is 7.29. The van der Waals surface area contributed by atoms with Crippen LogP contribution in [0.15, 0.2) is 0 Å². The molecule has 15 heavy (non-hydrogen) atoms. The van der Waals surface area contributed by atoms with Gasteiger partial charge >= 0.3 is 0 Å². The first-order valence-corrected chi connectivity index (χ1v) is 6.99. The lowest BCUT2D eigenvalue weighted by Crippen LogP contribution is -2.20. The van der Waals surface area contributed by atoms with Gasteiger partial charge in [-0.1, -0.05) is 46.0 Å². The van der Waals surface area contributed by atoms with Crippen LogP contribution in [0, 0.1) is 11.8 Å². The van der Waals surface area contributed by atoms with Gasteiger partial charge in [0.15, 0.2) is 0 Å². The van der Waals surface area contributed by atoms with Gasteiger partial charge in [0.1, 0.15) is 0 Å². The van der Waals surface area contributed by atoms with Gasteiger partial charge in [-0.3, -0.25) is 0 Å². The fraction of sp³-hybridized carbons (Fsp3) is 1.00. The van der Waals surface area contributed by atoms with Gasteiger partial charge in [0.2, 0.25) is 0 Å². The molecule has 0 aromatic carbocycles. The molecule has 1 aliphatic carbocycles. The molecule has 0 radical (unpaired) electrons.